The van der Waals surface area contributed by atoms with Crippen molar-refractivity contribution in [1.29, 1.82) is 0 Å². The molecule has 0 bridgehead atoms. The molecule has 29 heavy (non-hydrogen) atoms. The molecule has 7 heteroatoms. The Morgan fingerprint density at radius 2 is 1.86 bits per heavy atom. The summed E-state index contributed by atoms with van der Waals surface area (Å²) in [6, 6.07) is 11.0. The lowest BCUT2D eigenvalue weighted by Gasteiger charge is -2.37. The first-order chi connectivity index (χ1) is 13.8. The predicted octanol–water partition coefficient (Wildman–Crippen LogP) is 2.37. The van der Waals surface area contributed by atoms with Gasteiger partial charge in [-0.05, 0) is 34.9 Å². The molecule has 1 aliphatic rings. The molecule has 0 saturated carbocycles. The second kappa shape index (κ2) is 8.43. The van der Waals surface area contributed by atoms with Gasteiger partial charge in [-0.25, -0.2) is 4.39 Å². The zero-order chi connectivity index (χ0) is 21.1. The molecule has 1 atom stereocenters. The summed E-state index contributed by atoms with van der Waals surface area (Å²) < 4.78 is 14.0. The van der Waals surface area contributed by atoms with Crippen molar-refractivity contribution in [2.24, 2.45) is 0 Å². The van der Waals surface area contributed by atoms with Crippen molar-refractivity contribution in [3.8, 4) is 0 Å². The molecule has 2 aromatic carbocycles. The number of carbonyl (C=O) groups is 3. The largest absolute Gasteiger partial charge is 0.347 e. The number of nitrogens with zero attached hydrogens (tertiary/aromatic N) is 2. The summed E-state index contributed by atoms with van der Waals surface area (Å²) >= 11 is 0. The van der Waals surface area contributed by atoms with E-state index in [1.54, 1.807) is 38.4 Å². The lowest BCUT2D eigenvalue weighted by atomic mass is 9.92. The van der Waals surface area contributed by atoms with Crippen LogP contribution in [0.25, 0.3) is 0 Å². The SMILES string of the molecule is CC(=O)Nc1ccc2c(c1)CN(C(=O)Cc1ccccc1F)C(C(=O)N(C)C)C2. The molecule has 1 N–H and O–H groups in total. The van der Waals surface area contributed by atoms with E-state index in [4.69, 9.17) is 0 Å². The Bertz CT molecular complexity index is 958. The van der Waals surface area contributed by atoms with Crippen LogP contribution in [-0.2, 0) is 33.8 Å². The number of halogens is 1. The number of benzene rings is 2. The zero-order valence-corrected chi connectivity index (χ0v) is 16.7. The fourth-order valence-corrected chi connectivity index (χ4v) is 3.55. The van der Waals surface area contributed by atoms with Gasteiger partial charge in [-0.1, -0.05) is 24.3 Å². The Labute approximate surface area is 169 Å². The van der Waals surface area contributed by atoms with E-state index in [1.807, 2.05) is 12.1 Å². The zero-order valence-electron chi connectivity index (χ0n) is 16.7. The van der Waals surface area contributed by atoms with Gasteiger partial charge in [0.25, 0.3) is 0 Å². The van der Waals surface area contributed by atoms with E-state index in [0.29, 0.717) is 17.7 Å². The molecule has 0 aliphatic carbocycles. The standard InChI is InChI=1S/C22H24FN3O3/c1-14(27)24-18-9-8-15-11-20(22(29)25(2)3)26(13-17(15)10-18)21(28)12-16-6-4-5-7-19(16)23/h4-10,20H,11-13H2,1-3H3,(H,24,27). The van der Waals surface area contributed by atoms with Gasteiger partial charge in [0.05, 0.1) is 6.42 Å². The average molecular weight is 397 g/mol. The Hall–Kier alpha value is -3.22. The number of hydrogen-bond donors (Lipinski definition) is 1. The number of amides is 3. The summed E-state index contributed by atoms with van der Waals surface area (Å²) in [5.41, 5.74) is 2.75. The van der Waals surface area contributed by atoms with Gasteiger partial charge in [0.15, 0.2) is 0 Å². The Kier molecular flexibility index (Phi) is 5.96. The van der Waals surface area contributed by atoms with Crippen LogP contribution in [0.3, 0.4) is 0 Å². The fourth-order valence-electron chi connectivity index (χ4n) is 3.55. The summed E-state index contributed by atoms with van der Waals surface area (Å²) in [5, 5.41) is 2.73. The highest BCUT2D eigenvalue weighted by Crippen LogP contribution is 2.28. The molecular weight excluding hydrogens is 373 g/mol. The van der Waals surface area contributed by atoms with Crippen molar-refractivity contribution in [2.75, 3.05) is 19.4 Å². The average Bonchev–Trinajstić information content (AvgIpc) is 2.67. The summed E-state index contributed by atoms with van der Waals surface area (Å²) in [7, 11) is 3.30. The van der Waals surface area contributed by atoms with Gasteiger partial charge in [0, 0.05) is 39.7 Å². The molecule has 1 aliphatic heterocycles. The van der Waals surface area contributed by atoms with Crippen LogP contribution in [-0.4, -0.2) is 47.7 Å². The maximum absolute atomic E-state index is 14.0. The number of likely N-dealkylation sites (N-methyl/N-ethyl adjacent to an activating group) is 1. The summed E-state index contributed by atoms with van der Waals surface area (Å²) in [6.45, 7) is 1.65. The van der Waals surface area contributed by atoms with E-state index >= 15 is 0 Å². The quantitative estimate of drug-likeness (QED) is 0.861. The molecule has 1 heterocycles. The summed E-state index contributed by atoms with van der Waals surface area (Å²) in [5.74, 6) is -1.12. The Morgan fingerprint density at radius 1 is 1.14 bits per heavy atom. The first kappa shape index (κ1) is 20.5. The predicted molar refractivity (Wildman–Crippen MR) is 108 cm³/mol. The second-order valence-corrected chi connectivity index (χ2v) is 7.41. The second-order valence-electron chi connectivity index (χ2n) is 7.41. The molecule has 0 spiro atoms. The maximum atomic E-state index is 14.0. The lowest BCUT2D eigenvalue weighted by molar-refractivity contribution is -0.145. The van der Waals surface area contributed by atoms with Crippen LogP contribution in [0.4, 0.5) is 10.1 Å². The van der Waals surface area contributed by atoms with Gasteiger partial charge in [0.1, 0.15) is 11.9 Å². The third-order valence-electron chi connectivity index (χ3n) is 5.00. The number of fused-ring (bicyclic) bond motifs is 1. The van der Waals surface area contributed by atoms with Gasteiger partial charge in [-0.3, -0.25) is 14.4 Å². The molecule has 0 saturated heterocycles. The monoisotopic (exact) mass is 397 g/mol. The molecular formula is C22H24FN3O3. The van der Waals surface area contributed by atoms with E-state index in [-0.39, 0.29) is 30.7 Å². The Morgan fingerprint density at radius 3 is 2.52 bits per heavy atom. The van der Waals surface area contributed by atoms with E-state index < -0.39 is 11.9 Å². The Balaban J connectivity index is 1.91. The smallest absolute Gasteiger partial charge is 0.245 e. The molecule has 2 aromatic rings. The first-order valence-corrected chi connectivity index (χ1v) is 9.39. The van der Waals surface area contributed by atoms with Crippen LogP contribution < -0.4 is 5.32 Å². The topological polar surface area (TPSA) is 69.7 Å². The molecule has 152 valence electrons. The minimum atomic E-state index is -0.650. The minimum absolute atomic E-state index is 0.120. The molecule has 1 unspecified atom stereocenters. The number of rotatable bonds is 4. The molecule has 3 amide bonds. The van der Waals surface area contributed by atoms with Crippen molar-refractivity contribution in [3.05, 3.63) is 65.0 Å². The maximum Gasteiger partial charge on any atom is 0.245 e. The van der Waals surface area contributed by atoms with Crippen LogP contribution in [0.15, 0.2) is 42.5 Å². The fraction of sp³-hybridized carbons (Fsp3) is 0.318. The van der Waals surface area contributed by atoms with Gasteiger partial charge in [0.2, 0.25) is 17.7 Å². The number of carbonyl (C=O) groups excluding carboxylic acids is 3. The van der Waals surface area contributed by atoms with Crippen molar-refractivity contribution in [1.82, 2.24) is 9.80 Å². The van der Waals surface area contributed by atoms with Crippen LogP contribution in [0, 0.1) is 5.82 Å². The number of hydrogen-bond acceptors (Lipinski definition) is 3. The molecule has 0 radical (unpaired) electrons. The van der Waals surface area contributed by atoms with Crippen molar-refractivity contribution >= 4 is 23.4 Å². The highest BCUT2D eigenvalue weighted by molar-refractivity contribution is 5.90. The number of nitrogens with one attached hydrogen (secondary N) is 1. The van der Waals surface area contributed by atoms with Gasteiger partial charge < -0.3 is 15.1 Å². The highest BCUT2D eigenvalue weighted by Gasteiger charge is 2.35. The van der Waals surface area contributed by atoms with Crippen LogP contribution in [0.2, 0.25) is 0 Å². The summed E-state index contributed by atoms with van der Waals surface area (Å²) in [4.78, 5) is 40.1. The van der Waals surface area contributed by atoms with Gasteiger partial charge in [-0.15, -0.1) is 0 Å². The van der Waals surface area contributed by atoms with E-state index in [1.165, 1.54) is 22.8 Å². The van der Waals surface area contributed by atoms with E-state index in [2.05, 4.69) is 5.32 Å². The molecule has 3 rings (SSSR count). The van der Waals surface area contributed by atoms with Gasteiger partial charge in [-0.2, -0.15) is 0 Å². The van der Waals surface area contributed by atoms with Crippen LogP contribution in [0.1, 0.15) is 23.6 Å². The first-order valence-electron chi connectivity index (χ1n) is 9.39. The normalized spacial score (nSPS) is 15.4. The van der Waals surface area contributed by atoms with Crippen LogP contribution in [0.5, 0.6) is 0 Å². The third kappa shape index (κ3) is 4.62. The number of anilines is 1. The molecule has 0 fully saturated rings. The van der Waals surface area contributed by atoms with Crippen molar-refractivity contribution in [3.63, 3.8) is 0 Å². The van der Waals surface area contributed by atoms with E-state index in [0.717, 1.165) is 11.1 Å². The third-order valence-corrected chi connectivity index (χ3v) is 5.00. The lowest BCUT2D eigenvalue weighted by Crippen LogP contribution is -2.52. The van der Waals surface area contributed by atoms with E-state index in [9.17, 15) is 18.8 Å². The molecule has 0 aromatic heterocycles. The van der Waals surface area contributed by atoms with Crippen molar-refractivity contribution in [2.45, 2.75) is 32.4 Å². The molecule has 6 nitrogen and oxygen atoms in total. The highest BCUT2D eigenvalue weighted by atomic mass is 19.1. The minimum Gasteiger partial charge on any atom is -0.347 e. The van der Waals surface area contributed by atoms with Crippen LogP contribution >= 0.6 is 0 Å². The van der Waals surface area contributed by atoms with Crippen molar-refractivity contribution < 1.29 is 18.8 Å². The summed E-state index contributed by atoms with van der Waals surface area (Å²) in [6.07, 6.45) is 0.250. The van der Waals surface area contributed by atoms with Gasteiger partial charge >= 0.3 is 0 Å².